The lowest BCUT2D eigenvalue weighted by molar-refractivity contribution is -0.132. The van der Waals surface area contributed by atoms with Gasteiger partial charge >= 0.3 is 0 Å². The first kappa shape index (κ1) is 13.2. The van der Waals surface area contributed by atoms with Crippen molar-refractivity contribution in [3.63, 3.8) is 0 Å². The molecule has 0 saturated heterocycles. The van der Waals surface area contributed by atoms with Crippen LogP contribution in [0.2, 0.25) is 5.02 Å². The standard InChI is InChI=1S/C13H17ClN2O2/c1-3-18-11-5-4-9(8-10(11)14)13(6-7-13)12(17)16(2)15/h4-5,8H,3,6-7,15H2,1-2H3. The number of nitrogens with zero attached hydrogens (tertiary/aromatic N) is 1. The van der Waals surface area contributed by atoms with E-state index in [0.29, 0.717) is 17.4 Å². The molecule has 0 unspecified atom stereocenters. The third-order valence-electron chi connectivity index (χ3n) is 3.26. The summed E-state index contributed by atoms with van der Waals surface area (Å²) in [7, 11) is 1.57. The Bertz CT molecular complexity index is 470. The van der Waals surface area contributed by atoms with Crippen molar-refractivity contribution >= 4 is 17.5 Å². The Hall–Kier alpha value is -1.26. The lowest BCUT2D eigenvalue weighted by Crippen LogP contribution is -2.41. The van der Waals surface area contributed by atoms with E-state index in [9.17, 15) is 4.79 Å². The van der Waals surface area contributed by atoms with Gasteiger partial charge in [-0.25, -0.2) is 5.84 Å². The highest BCUT2D eigenvalue weighted by Gasteiger charge is 2.52. The number of halogens is 1. The van der Waals surface area contributed by atoms with Gasteiger partial charge < -0.3 is 4.74 Å². The number of hydrogen-bond acceptors (Lipinski definition) is 3. The van der Waals surface area contributed by atoms with Crippen LogP contribution in [0, 0.1) is 0 Å². The summed E-state index contributed by atoms with van der Waals surface area (Å²) < 4.78 is 5.38. The van der Waals surface area contributed by atoms with Gasteiger partial charge in [0.1, 0.15) is 5.75 Å². The third kappa shape index (κ3) is 2.18. The summed E-state index contributed by atoms with van der Waals surface area (Å²) in [4.78, 5) is 12.1. The molecule has 0 radical (unpaired) electrons. The molecule has 0 atom stereocenters. The summed E-state index contributed by atoms with van der Waals surface area (Å²) in [5, 5.41) is 1.69. The van der Waals surface area contributed by atoms with Gasteiger partial charge in [0, 0.05) is 7.05 Å². The van der Waals surface area contributed by atoms with Crippen LogP contribution in [-0.2, 0) is 10.2 Å². The average molecular weight is 269 g/mol. The largest absolute Gasteiger partial charge is 0.492 e. The zero-order chi connectivity index (χ0) is 13.3. The van der Waals surface area contributed by atoms with Crippen LogP contribution >= 0.6 is 11.6 Å². The van der Waals surface area contributed by atoms with E-state index in [1.54, 1.807) is 13.1 Å². The van der Waals surface area contributed by atoms with Crippen LogP contribution in [-0.4, -0.2) is 24.6 Å². The van der Waals surface area contributed by atoms with Gasteiger partial charge in [0.25, 0.3) is 0 Å². The Balaban J connectivity index is 2.30. The van der Waals surface area contributed by atoms with Crippen LogP contribution in [0.25, 0.3) is 0 Å². The SMILES string of the molecule is CCOc1ccc(C2(C(=O)N(C)N)CC2)cc1Cl. The maximum Gasteiger partial charge on any atom is 0.246 e. The van der Waals surface area contributed by atoms with Crippen molar-refractivity contribution in [3.8, 4) is 5.75 Å². The monoisotopic (exact) mass is 268 g/mol. The predicted molar refractivity (Wildman–Crippen MR) is 70.5 cm³/mol. The molecule has 0 aromatic heterocycles. The van der Waals surface area contributed by atoms with Crippen LogP contribution < -0.4 is 10.6 Å². The summed E-state index contributed by atoms with van der Waals surface area (Å²) in [6.07, 6.45) is 1.63. The number of carbonyl (C=O) groups excluding carboxylic acids is 1. The van der Waals surface area contributed by atoms with Crippen molar-refractivity contribution in [1.29, 1.82) is 0 Å². The summed E-state index contributed by atoms with van der Waals surface area (Å²) in [5.74, 6) is 6.12. The summed E-state index contributed by atoms with van der Waals surface area (Å²) in [5.41, 5.74) is 0.441. The Labute approximate surface area is 112 Å². The van der Waals surface area contributed by atoms with Gasteiger partial charge in [-0.3, -0.25) is 9.80 Å². The fraction of sp³-hybridized carbons (Fsp3) is 0.462. The summed E-state index contributed by atoms with van der Waals surface area (Å²) in [6, 6.07) is 5.51. The van der Waals surface area contributed by atoms with Gasteiger partial charge in [-0.2, -0.15) is 0 Å². The molecule has 2 rings (SSSR count). The molecule has 0 heterocycles. The molecule has 1 aromatic rings. The van der Waals surface area contributed by atoms with E-state index in [2.05, 4.69) is 0 Å². The van der Waals surface area contributed by atoms with Crippen molar-refractivity contribution in [3.05, 3.63) is 28.8 Å². The molecule has 2 N–H and O–H groups in total. The number of ether oxygens (including phenoxy) is 1. The first-order chi connectivity index (χ1) is 8.51. The van der Waals surface area contributed by atoms with E-state index in [1.807, 2.05) is 19.1 Å². The quantitative estimate of drug-likeness (QED) is 0.517. The van der Waals surface area contributed by atoms with Crippen molar-refractivity contribution in [1.82, 2.24) is 5.01 Å². The third-order valence-corrected chi connectivity index (χ3v) is 3.56. The Morgan fingerprint density at radius 2 is 2.22 bits per heavy atom. The smallest absolute Gasteiger partial charge is 0.246 e. The molecular formula is C13H17ClN2O2. The first-order valence-corrected chi connectivity index (χ1v) is 6.35. The minimum atomic E-state index is -0.474. The zero-order valence-electron chi connectivity index (χ0n) is 10.6. The molecule has 0 aliphatic heterocycles. The number of nitrogens with two attached hydrogens (primary N) is 1. The lowest BCUT2D eigenvalue weighted by Gasteiger charge is -2.20. The molecular weight excluding hydrogens is 252 g/mol. The molecule has 5 heteroatoms. The number of rotatable bonds is 4. The number of carbonyl (C=O) groups is 1. The predicted octanol–water partition coefficient (Wildman–Crippen LogP) is 2.10. The first-order valence-electron chi connectivity index (χ1n) is 5.97. The molecule has 1 amide bonds. The molecule has 1 saturated carbocycles. The molecule has 4 nitrogen and oxygen atoms in total. The number of likely N-dealkylation sites (N-methyl/N-ethyl adjacent to an activating group) is 1. The molecule has 0 bridgehead atoms. The van der Waals surface area contributed by atoms with Gasteiger partial charge in [0.05, 0.1) is 17.0 Å². The highest BCUT2D eigenvalue weighted by atomic mass is 35.5. The number of hydrogen-bond donors (Lipinski definition) is 1. The Kier molecular flexibility index (Phi) is 3.50. The molecule has 0 spiro atoms. The second kappa shape index (κ2) is 4.78. The van der Waals surface area contributed by atoms with Gasteiger partial charge in [0.15, 0.2) is 0 Å². The van der Waals surface area contributed by atoms with E-state index in [0.717, 1.165) is 23.4 Å². The average Bonchev–Trinajstić information content (AvgIpc) is 3.12. The topological polar surface area (TPSA) is 55.6 Å². The highest BCUT2D eigenvalue weighted by Crippen LogP contribution is 2.50. The van der Waals surface area contributed by atoms with Crippen LogP contribution in [0.15, 0.2) is 18.2 Å². The van der Waals surface area contributed by atoms with Crippen LogP contribution in [0.1, 0.15) is 25.3 Å². The van der Waals surface area contributed by atoms with Gasteiger partial charge in [-0.1, -0.05) is 17.7 Å². The fourth-order valence-electron chi connectivity index (χ4n) is 2.16. The Morgan fingerprint density at radius 1 is 1.56 bits per heavy atom. The van der Waals surface area contributed by atoms with E-state index in [-0.39, 0.29) is 5.91 Å². The van der Waals surface area contributed by atoms with Crippen LogP contribution in [0.3, 0.4) is 0 Å². The fourth-order valence-corrected chi connectivity index (χ4v) is 2.39. The van der Waals surface area contributed by atoms with Gasteiger partial charge in [-0.05, 0) is 37.5 Å². The maximum absolute atomic E-state index is 12.1. The van der Waals surface area contributed by atoms with Crippen LogP contribution in [0.5, 0.6) is 5.75 Å². The molecule has 98 valence electrons. The number of benzene rings is 1. The van der Waals surface area contributed by atoms with E-state index >= 15 is 0 Å². The second-order valence-electron chi connectivity index (χ2n) is 4.58. The van der Waals surface area contributed by atoms with E-state index < -0.39 is 5.41 Å². The number of hydrazine groups is 1. The molecule has 1 fully saturated rings. The normalized spacial score (nSPS) is 16.2. The minimum Gasteiger partial charge on any atom is -0.492 e. The van der Waals surface area contributed by atoms with Crippen molar-refractivity contribution in [2.45, 2.75) is 25.2 Å². The van der Waals surface area contributed by atoms with Gasteiger partial charge in [0.2, 0.25) is 5.91 Å². The second-order valence-corrected chi connectivity index (χ2v) is 4.98. The molecule has 1 aromatic carbocycles. The highest BCUT2D eigenvalue weighted by molar-refractivity contribution is 6.32. The maximum atomic E-state index is 12.1. The van der Waals surface area contributed by atoms with Crippen molar-refractivity contribution in [2.24, 2.45) is 5.84 Å². The van der Waals surface area contributed by atoms with E-state index in [4.69, 9.17) is 22.2 Å². The van der Waals surface area contributed by atoms with Gasteiger partial charge in [-0.15, -0.1) is 0 Å². The minimum absolute atomic E-state index is 0.0669. The van der Waals surface area contributed by atoms with Crippen molar-refractivity contribution < 1.29 is 9.53 Å². The summed E-state index contributed by atoms with van der Waals surface area (Å²) >= 11 is 6.15. The lowest BCUT2D eigenvalue weighted by atomic mass is 9.95. The Morgan fingerprint density at radius 3 is 2.67 bits per heavy atom. The zero-order valence-corrected chi connectivity index (χ0v) is 11.3. The van der Waals surface area contributed by atoms with Crippen LogP contribution in [0.4, 0.5) is 0 Å². The molecule has 1 aliphatic carbocycles. The van der Waals surface area contributed by atoms with Crippen molar-refractivity contribution in [2.75, 3.05) is 13.7 Å². The number of amides is 1. The molecule has 18 heavy (non-hydrogen) atoms. The van der Waals surface area contributed by atoms with E-state index in [1.165, 1.54) is 0 Å². The molecule has 1 aliphatic rings. The summed E-state index contributed by atoms with van der Waals surface area (Å²) in [6.45, 7) is 2.47.